The third kappa shape index (κ3) is 4.22. The van der Waals surface area contributed by atoms with Gasteiger partial charge in [-0.2, -0.15) is 0 Å². The number of ether oxygens (including phenoxy) is 2. The molecule has 2 N–H and O–H groups in total. The van der Waals surface area contributed by atoms with Crippen molar-refractivity contribution in [1.29, 1.82) is 0 Å². The quantitative estimate of drug-likeness (QED) is 0.858. The summed E-state index contributed by atoms with van der Waals surface area (Å²) in [6, 6.07) is 6.53. The Hall–Kier alpha value is -1.06. The zero-order chi connectivity index (χ0) is 13.7. The summed E-state index contributed by atoms with van der Waals surface area (Å²) >= 11 is 0. The first kappa shape index (κ1) is 14.4. The molecule has 0 radical (unpaired) electrons. The lowest BCUT2D eigenvalue weighted by atomic mass is 10.0. The fourth-order valence-electron chi connectivity index (χ4n) is 2.39. The molecule has 1 aliphatic rings. The number of benzene rings is 1. The Labute approximate surface area is 116 Å². The smallest absolute Gasteiger partial charge is 0.122 e. The topological polar surface area (TPSA) is 44.5 Å². The largest absolute Gasteiger partial charge is 0.491 e. The van der Waals surface area contributed by atoms with Crippen molar-refractivity contribution < 1.29 is 9.47 Å². The Kier molecular flexibility index (Phi) is 5.23. The highest BCUT2D eigenvalue weighted by atomic mass is 16.5. The molecule has 2 rings (SSSR count). The van der Waals surface area contributed by atoms with Crippen LogP contribution in [0.5, 0.6) is 5.75 Å². The summed E-state index contributed by atoms with van der Waals surface area (Å²) in [5.41, 5.74) is 8.53. The van der Waals surface area contributed by atoms with Crippen LogP contribution in [0.3, 0.4) is 0 Å². The van der Waals surface area contributed by atoms with Crippen molar-refractivity contribution >= 4 is 0 Å². The predicted molar refractivity (Wildman–Crippen MR) is 77.6 cm³/mol. The van der Waals surface area contributed by atoms with E-state index >= 15 is 0 Å². The van der Waals surface area contributed by atoms with Gasteiger partial charge in [-0.1, -0.05) is 24.6 Å². The molecule has 3 nitrogen and oxygen atoms in total. The molecule has 1 heterocycles. The maximum absolute atomic E-state index is 6.06. The average molecular weight is 263 g/mol. The van der Waals surface area contributed by atoms with Crippen molar-refractivity contribution in [3.63, 3.8) is 0 Å². The minimum absolute atomic E-state index is 0.201. The van der Waals surface area contributed by atoms with Crippen LogP contribution in [0.1, 0.15) is 37.3 Å². The molecule has 2 unspecified atom stereocenters. The molecular formula is C16H25NO2. The van der Waals surface area contributed by atoms with E-state index < -0.39 is 0 Å². The van der Waals surface area contributed by atoms with Crippen molar-refractivity contribution in [2.24, 2.45) is 5.73 Å². The summed E-state index contributed by atoms with van der Waals surface area (Å²) in [4.78, 5) is 0. The highest BCUT2D eigenvalue weighted by Crippen LogP contribution is 2.23. The lowest BCUT2D eigenvalue weighted by molar-refractivity contribution is 0.0676. The van der Waals surface area contributed by atoms with E-state index in [1.54, 1.807) is 0 Å². The second kappa shape index (κ2) is 6.92. The zero-order valence-corrected chi connectivity index (χ0v) is 12.0. The second-order valence-corrected chi connectivity index (χ2v) is 5.43. The summed E-state index contributed by atoms with van der Waals surface area (Å²) in [5, 5.41) is 0. The molecule has 0 aliphatic carbocycles. The van der Waals surface area contributed by atoms with Gasteiger partial charge in [0.15, 0.2) is 0 Å². The van der Waals surface area contributed by atoms with Gasteiger partial charge in [0.05, 0.1) is 6.10 Å². The first-order chi connectivity index (χ1) is 9.19. The normalized spacial score (nSPS) is 20.5. The third-order valence-electron chi connectivity index (χ3n) is 3.67. The summed E-state index contributed by atoms with van der Waals surface area (Å²) in [6.07, 6.45) is 4.37. The first-order valence-corrected chi connectivity index (χ1v) is 7.28. The number of rotatable bonds is 6. The third-order valence-corrected chi connectivity index (χ3v) is 3.67. The molecule has 0 spiro atoms. The van der Waals surface area contributed by atoms with Crippen LogP contribution in [-0.4, -0.2) is 25.4 Å². The highest BCUT2D eigenvalue weighted by molar-refractivity contribution is 5.37. The molecular weight excluding hydrogens is 238 g/mol. The molecule has 3 heteroatoms. The Morgan fingerprint density at radius 1 is 1.47 bits per heavy atom. The van der Waals surface area contributed by atoms with Crippen LogP contribution >= 0.6 is 0 Å². The standard InChI is InChI=1S/C16H25NO2/c1-3-14(17)10-13-9-12(2)6-7-16(13)19-11-15-5-4-8-18-15/h6-7,9,14-15H,3-5,8,10-11,17H2,1-2H3. The number of nitrogens with two attached hydrogens (primary N) is 1. The molecule has 106 valence electrons. The number of hydrogen-bond donors (Lipinski definition) is 1. The summed E-state index contributed by atoms with van der Waals surface area (Å²) in [7, 11) is 0. The van der Waals surface area contributed by atoms with E-state index in [9.17, 15) is 0 Å². The molecule has 19 heavy (non-hydrogen) atoms. The molecule has 1 aliphatic heterocycles. The molecule has 0 amide bonds. The van der Waals surface area contributed by atoms with Gasteiger partial charge in [0.1, 0.15) is 12.4 Å². The summed E-state index contributed by atoms with van der Waals surface area (Å²) in [6.45, 7) is 5.74. The van der Waals surface area contributed by atoms with E-state index in [2.05, 4.69) is 32.0 Å². The minimum atomic E-state index is 0.201. The van der Waals surface area contributed by atoms with Gasteiger partial charge in [-0.15, -0.1) is 0 Å². The van der Waals surface area contributed by atoms with Crippen LogP contribution in [-0.2, 0) is 11.2 Å². The van der Waals surface area contributed by atoms with Crippen LogP contribution in [0, 0.1) is 6.92 Å². The monoisotopic (exact) mass is 263 g/mol. The van der Waals surface area contributed by atoms with E-state index in [0.29, 0.717) is 6.61 Å². The van der Waals surface area contributed by atoms with Crippen LogP contribution in [0.15, 0.2) is 18.2 Å². The number of aryl methyl sites for hydroxylation is 1. The Morgan fingerprint density at radius 2 is 2.32 bits per heavy atom. The zero-order valence-electron chi connectivity index (χ0n) is 12.0. The molecule has 0 saturated carbocycles. The fourth-order valence-corrected chi connectivity index (χ4v) is 2.39. The van der Waals surface area contributed by atoms with E-state index in [-0.39, 0.29) is 12.1 Å². The molecule has 1 fully saturated rings. The molecule has 0 aromatic heterocycles. The van der Waals surface area contributed by atoms with Gasteiger partial charge < -0.3 is 15.2 Å². The molecule has 1 aromatic rings. The maximum Gasteiger partial charge on any atom is 0.122 e. The highest BCUT2D eigenvalue weighted by Gasteiger charge is 2.17. The lowest BCUT2D eigenvalue weighted by Crippen LogP contribution is -2.22. The average Bonchev–Trinajstić information content (AvgIpc) is 2.91. The Balaban J connectivity index is 2.00. The molecule has 1 saturated heterocycles. The SMILES string of the molecule is CCC(N)Cc1cc(C)ccc1OCC1CCCO1. The Morgan fingerprint density at radius 3 is 3.00 bits per heavy atom. The van der Waals surface area contributed by atoms with Crippen molar-refractivity contribution in [1.82, 2.24) is 0 Å². The van der Waals surface area contributed by atoms with Crippen molar-refractivity contribution in [2.45, 2.75) is 51.7 Å². The molecule has 2 atom stereocenters. The van der Waals surface area contributed by atoms with Crippen LogP contribution < -0.4 is 10.5 Å². The predicted octanol–water partition coefficient (Wildman–Crippen LogP) is 2.83. The first-order valence-electron chi connectivity index (χ1n) is 7.28. The van der Waals surface area contributed by atoms with Crippen molar-refractivity contribution in [3.05, 3.63) is 29.3 Å². The van der Waals surface area contributed by atoms with Gasteiger partial charge >= 0.3 is 0 Å². The van der Waals surface area contributed by atoms with Gasteiger partial charge in [-0.05, 0) is 44.2 Å². The number of hydrogen-bond acceptors (Lipinski definition) is 3. The molecule has 0 bridgehead atoms. The maximum atomic E-state index is 6.06. The van der Waals surface area contributed by atoms with E-state index in [1.807, 2.05) is 0 Å². The summed E-state index contributed by atoms with van der Waals surface area (Å²) < 4.78 is 11.5. The lowest BCUT2D eigenvalue weighted by Gasteiger charge is -2.17. The van der Waals surface area contributed by atoms with Crippen LogP contribution in [0.2, 0.25) is 0 Å². The fraction of sp³-hybridized carbons (Fsp3) is 0.625. The van der Waals surface area contributed by atoms with Gasteiger partial charge in [0.2, 0.25) is 0 Å². The van der Waals surface area contributed by atoms with Gasteiger partial charge in [0, 0.05) is 12.6 Å². The molecule has 1 aromatic carbocycles. The summed E-state index contributed by atoms with van der Waals surface area (Å²) in [5.74, 6) is 0.963. The van der Waals surface area contributed by atoms with E-state index in [0.717, 1.165) is 38.0 Å². The van der Waals surface area contributed by atoms with Crippen molar-refractivity contribution in [3.8, 4) is 5.75 Å². The second-order valence-electron chi connectivity index (χ2n) is 5.43. The van der Waals surface area contributed by atoms with Gasteiger partial charge in [0.25, 0.3) is 0 Å². The van der Waals surface area contributed by atoms with Crippen molar-refractivity contribution in [2.75, 3.05) is 13.2 Å². The minimum Gasteiger partial charge on any atom is -0.491 e. The van der Waals surface area contributed by atoms with E-state index in [4.69, 9.17) is 15.2 Å². The van der Waals surface area contributed by atoms with E-state index in [1.165, 1.54) is 11.1 Å². The van der Waals surface area contributed by atoms with Crippen LogP contribution in [0.4, 0.5) is 0 Å². The van der Waals surface area contributed by atoms with Gasteiger partial charge in [-0.25, -0.2) is 0 Å². The van der Waals surface area contributed by atoms with Gasteiger partial charge in [-0.3, -0.25) is 0 Å². The van der Waals surface area contributed by atoms with Crippen LogP contribution in [0.25, 0.3) is 0 Å². The Bertz CT molecular complexity index is 400.